The first-order chi connectivity index (χ1) is 18.8. The molecule has 0 heterocycles. The number of rotatable bonds is 33. The Morgan fingerprint density at radius 2 is 0.632 bits per heavy atom. The van der Waals surface area contributed by atoms with Crippen molar-refractivity contribution in [1.29, 1.82) is 0 Å². The summed E-state index contributed by atoms with van der Waals surface area (Å²) in [6.07, 6.45) is 1.11. The molecule has 13 heteroatoms. The molecule has 0 aromatic rings. The third-order valence-corrected chi connectivity index (χ3v) is 4.36. The molecule has 0 aliphatic heterocycles. The standard InChI is InChI=1S/C25H47ClO12/c1-2-25(27)38-24-23-37-22-21-36-20-19-35-18-17-34-16-15-33-14-13-32-12-11-31-10-9-30-8-7-29-6-5-28-4-3-26/h2H,1,3-24H2. The van der Waals surface area contributed by atoms with Gasteiger partial charge in [-0.3, -0.25) is 0 Å². The van der Waals surface area contributed by atoms with Crippen LogP contribution in [0.15, 0.2) is 12.7 Å². The van der Waals surface area contributed by atoms with Crippen LogP contribution in [0.25, 0.3) is 0 Å². The SMILES string of the molecule is C=CC(=O)OCCOCCOCCOCCOCCOCCOCCOCCOCCOCCOCCCl. The van der Waals surface area contributed by atoms with Gasteiger partial charge < -0.3 is 52.1 Å². The van der Waals surface area contributed by atoms with Gasteiger partial charge in [-0.05, 0) is 0 Å². The Hall–Kier alpha value is -0.900. The summed E-state index contributed by atoms with van der Waals surface area (Å²) in [4.78, 5) is 10.8. The smallest absolute Gasteiger partial charge is 0.330 e. The van der Waals surface area contributed by atoms with Gasteiger partial charge in [-0.15, -0.1) is 11.6 Å². The molecule has 0 unspecified atom stereocenters. The number of alkyl halides is 1. The molecule has 226 valence electrons. The van der Waals surface area contributed by atoms with E-state index in [1.165, 1.54) is 0 Å². The predicted octanol–water partition coefficient (Wildman–Crippen LogP) is 1.12. The lowest BCUT2D eigenvalue weighted by Gasteiger charge is -2.09. The lowest BCUT2D eigenvalue weighted by Crippen LogP contribution is -2.15. The van der Waals surface area contributed by atoms with Crippen molar-refractivity contribution < 1.29 is 56.9 Å². The normalized spacial score (nSPS) is 11.2. The van der Waals surface area contributed by atoms with Gasteiger partial charge in [0.05, 0.1) is 132 Å². The molecule has 0 aliphatic carbocycles. The molecule has 0 fully saturated rings. The van der Waals surface area contributed by atoms with Crippen LogP contribution < -0.4 is 0 Å². The number of ether oxygens (including phenoxy) is 11. The van der Waals surface area contributed by atoms with Crippen LogP contribution in [-0.4, -0.2) is 151 Å². The lowest BCUT2D eigenvalue weighted by molar-refractivity contribution is -0.139. The number of hydrogen-bond donors (Lipinski definition) is 0. The van der Waals surface area contributed by atoms with Crippen LogP contribution >= 0.6 is 11.6 Å². The second-order valence-electron chi connectivity index (χ2n) is 7.18. The van der Waals surface area contributed by atoms with E-state index in [2.05, 4.69) is 6.58 Å². The largest absolute Gasteiger partial charge is 0.460 e. The van der Waals surface area contributed by atoms with Crippen molar-refractivity contribution >= 4 is 17.6 Å². The summed E-state index contributed by atoms with van der Waals surface area (Å²) < 4.78 is 58.5. The highest BCUT2D eigenvalue weighted by Crippen LogP contribution is 1.87. The maximum atomic E-state index is 10.8. The fourth-order valence-electron chi connectivity index (χ4n) is 2.40. The minimum absolute atomic E-state index is 0.200. The Morgan fingerprint density at radius 1 is 0.421 bits per heavy atom. The molecule has 0 aromatic heterocycles. The summed E-state index contributed by atoms with van der Waals surface area (Å²) in [5.74, 6) is 0.0363. The summed E-state index contributed by atoms with van der Waals surface area (Å²) in [6.45, 7) is 13.3. The third-order valence-electron chi connectivity index (χ3n) is 4.21. The molecule has 38 heavy (non-hydrogen) atoms. The minimum Gasteiger partial charge on any atom is -0.460 e. The zero-order valence-electron chi connectivity index (χ0n) is 22.6. The third kappa shape index (κ3) is 33.1. The Labute approximate surface area is 232 Å². The first-order valence-electron chi connectivity index (χ1n) is 12.9. The van der Waals surface area contributed by atoms with Gasteiger partial charge in [0.1, 0.15) is 6.61 Å². The van der Waals surface area contributed by atoms with Crippen LogP contribution in [0.5, 0.6) is 0 Å². The highest BCUT2D eigenvalue weighted by Gasteiger charge is 1.97. The average Bonchev–Trinajstić information content (AvgIpc) is 2.93. The number of halogens is 1. The zero-order chi connectivity index (χ0) is 27.6. The van der Waals surface area contributed by atoms with E-state index in [4.69, 9.17) is 63.7 Å². The Morgan fingerprint density at radius 3 is 0.842 bits per heavy atom. The van der Waals surface area contributed by atoms with Crippen molar-refractivity contribution in [3.63, 3.8) is 0 Å². The van der Waals surface area contributed by atoms with Crippen LogP contribution in [-0.2, 0) is 56.9 Å². The monoisotopic (exact) mass is 574 g/mol. The van der Waals surface area contributed by atoms with Gasteiger partial charge in [0, 0.05) is 12.0 Å². The first-order valence-corrected chi connectivity index (χ1v) is 13.5. The summed E-state index contributed by atoms with van der Waals surface area (Å²) in [6, 6.07) is 0. The molecular formula is C25H47ClO12. The zero-order valence-corrected chi connectivity index (χ0v) is 23.4. The van der Waals surface area contributed by atoms with Gasteiger partial charge in [-0.1, -0.05) is 6.58 Å². The molecule has 0 amide bonds. The van der Waals surface area contributed by atoms with E-state index in [1.54, 1.807) is 0 Å². The summed E-state index contributed by atoms with van der Waals surface area (Å²) in [5.41, 5.74) is 0. The molecule has 0 spiro atoms. The van der Waals surface area contributed by atoms with Crippen LogP contribution in [0, 0.1) is 0 Å². The van der Waals surface area contributed by atoms with E-state index in [-0.39, 0.29) is 6.61 Å². The van der Waals surface area contributed by atoms with Crippen molar-refractivity contribution in [3.05, 3.63) is 12.7 Å². The fourth-order valence-corrected chi connectivity index (χ4v) is 2.51. The Balaban J connectivity index is 3.04. The second kappa shape index (κ2) is 34.1. The quantitative estimate of drug-likeness (QED) is 0.0483. The molecular weight excluding hydrogens is 528 g/mol. The summed E-state index contributed by atoms with van der Waals surface area (Å²) >= 11 is 5.50. The molecule has 0 aliphatic rings. The van der Waals surface area contributed by atoms with E-state index in [0.717, 1.165) is 6.08 Å². The van der Waals surface area contributed by atoms with Crippen LogP contribution in [0.1, 0.15) is 0 Å². The topological polar surface area (TPSA) is 119 Å². The summed E-state index contributed by atoms with van der Waals surface area (Å²) in [7, 11) is 0. The molecule has 0 aromatic carbocycles. The van der Waals surface area contributed by atoms with Crippen LogP contribution in [0.4, 0.5) is 0 Å². The Bertz CT molecular complexity index is 487. The van der Waals surface area contributed by atoms with Crippen LogP contribution in [0.3, 0.4) is 0 Å². The Kier molecular flexibility index (Phi) is 33.3. The van der Waals surface area contributed by atoms with E-state index in [9.17, 15) is 4.79 Å². The van der Waals surface area contributed by atoms with Crippen LogP contribution in [0.2, 0.25) is 0 Å². The van der Waals surface area contributed by atoms with Crippen molar-refractivity contribution in [2.24, 2.45) is 0 Å². The lowest BCUT2D eigenvalue weighted by atomic mass is 10.6. The first kappa shape index (κ1) is 37.1. The number of esters is 1. The van der Waals surface area contributed by atoms with E-state index >= 15 is 0 Å². The van der Waals surface area contributed by atoms with Gasteiger partial charge in [0.15, 0.2) is 0 Å². The molecule has 0 saturated heterocycles. The van der Waals surface area contributed by atoms with E-state index < -0.39 is 5.97 Å². The number of carbonyl (C=O) groups is 1. The average molecular weight is 575 g/mol. The van der Waals surface area contributed by atoms with Crippen molar-refractivity contribution in [2.75, 3.05) is 145 Å². The molecule has 0 N–H and O–H groups in total. The molecule has 0 bridgehead atoms. The summed E-state index contributed by atoms with van der Waals surface area (Å²) in [5, 5.41) is 0. The minimum atomic E-state index is -0.458. The second-order valence-corrected chi connectivity index (χ2v) is 7.56. The van der Waals surface area contributed by atoms with Gasteiger partial charge in [-0.25, -0.2) is 4.79 Å². The highest BCUT2D eigenvalue weighted by molar-refractivity contribution is 6.17. The van der Waals surface area contributed by atoms with E-state index in [0.29, 0.717) is 138 Å². The van der Waals surface area contributed by atoms with Gasteiger partial charge in [-0.2, -0.15) is 0 Å². The van der Waals surface area contributed by atoms with Gasteiger partial charge >= 0.3 is 5.97 Å². The maximum Gasteiger partial charge on any atom is 0.330 e. The van der Waals surface area contributed by atoms with Gasteiger partial charge in [0.25, 0.3) is 0 Å². The highest BCUT2D eigenvalue weighted by atomic mass is 35.5. The molecule has 12 nitrogen and oxygen atoms in total. The molecule has 0 saturated carbocycles. The van der Waals surface area contributed by atoms with Crippen molar-refractivity contribution in [2.45, 2.75) is 0 Å². The molecule has 0 atom stereocenters. The van der Waals surface area contributed by atoms with Crippen molar-refractivity contribution in [3.8, 4) is 0 Å². The van der Waals surface area contributed by atoms with Crippen molar-refractivity contribution in [1.82, 2.24) is 0 Å². The maximum absolute atomic E-state index is 10.8. The van der Waals surface area contributed by atoms with E-state index in [1.807, 2.05) is 0 Å². The molecule has 0 rings (SSSR count). The van der Waals surface area contributed by atoms with Gasteiger partial charge in [0.2, 0.25) is 0 Å². The number of carbonyl (C=O) groups excluding carboxylic acids is 1. The predicted molar refractivity (Wildman–Crippen MR) is 140 cm³/mol. The molecule has 0 radical (unpaired) electrons. The number of hydrogen-bond acceptors (Lipinski definition) is 12. The fraction of sp³-hybridized carbons (Fsp3) is 0.880.